The van der Waals surface area contributed by atoms with Crippen LogP contribution in [0.2, 0.25) is 0 Å². The van der Waals surface area contributed by atoms with Crippen LogP contribution in [0.4, 0.5) is 0 Å². The molecule has 17 heavy (non-hydrogen) atoms. The minimum atomic E-state index is 0. The quantitative estimate of drug-likeness (QED) is 0.733. The van der Waals surface area contributed by atoms with Crippen molar-refractivity contribution in [2.24, 2.45) is 35.3 Å². The normalized spacial score (nSPS) is 32.1. The number of carbonyl (C=O) groups excluding carboxylic acids is 1. The molecule has 0 aromatic heterocycles. The van der Waals surface area contributed by atoms with E-state index < -0.39 is 0 Å². The fourth-order valence-corrected chi connectivity index (χ4v) is 3.34. The largest absolute Gasteiger partial charge is 0.372 e. The molecule has 0 saturated heterocycles. The molecule has 0 heterocycles. The van der Waals surface area contributed by atoms with Gasteiger partial charge in [0.2, 0.25) is 6.41 Å². The first-order valence-electron chi connectivity index (χ1n) is 6.75. The first-order chi connectivity index (χ1) is 7.60. The summed E-state index contributed by atoms with van der Waals surface area (Å²) >= 11 is 0. The van der Waals surface area contributed by atoms with Crippen LogP contribution in [0.5, 0.6) is 0 Å². The average molecular weight is 241 g/mol. The minimum absolute atomic E-state index is 0. The van der Waals surface area contributed by atoms with Gasteiger partial charge < -0.3 is 5.73 Å². The lowest BCUT2D eigenvalue weighted by Crippen LogP contribution is -2.28. The predicted octanol–water partition coefficient (Wildman–Crippen LogP) is 3.84. The van der Waals surface area contributed by atoms with Gasteiger partial charge in [0.1, 0.15) is 0 Å². The van der Waals surface area contributed by atoms with E-state index in [1.54, 1.807) is 12.8 Å². The molecule has 0 aromatic rings. The van der Waals surface area contributed by atoms with E-state index in [0.29, 0.717) is 0 Å². The predicted molar refractivity (Wildman–Crippen MR) is 74.5 cm³/mol. The molecule has 2 nitrogen and oxygen atoms in total. The van der Waals surface area contributed by atoms with E-state index in [9.17, 15) is 0 Å². The molecule has 0 aromatic carbocycles. The van der Waals surface area contributed by atoms with Crippen molar-refractivity contribution in [3.63, 3.8) is 0 Å². The second-order valence-electron chi connectivity index (χ2n) is 5.96. The number of hydrogen-bond acceptors (Lipinski definition) is 1. The third kappa shape index (κ3) is 5.10. The number of amides is 1. The van der Waals surface area contributed by atoms with Gasteiger partial charge in [0.15, 0.2) is 0 Å². The summed E-state index contributed by atoms with van der Waals surface area (Å²) in [5.74, 6) is 5.24. The fraction of sp³-hybridized carbons (Fsp3) is 0.933. The van der Waals surface area contributed by atoms with Gasteiger partial charge in [-0.3, -0.25) is 4.79 Å². The summed E-state index contributed by atoms with van der Waals surface area (Å²) in [6.07, 6.45) is 7.88. The number of nitrogens with two attached hydrogens (primary N) is 1. The molecular formula is C15H31NO. The lowest BCUT2D eigenvalue weighted by molar-refractivity contribution is -0.106. The highest BCUT2D eigenvalue weighted by atomic mass is 16.1. The van der Waals surface area contributed by atoms with Gasteiger partial charge in [0.05, 0.1) is 0 Å². The zero-order chi connectivity index (χ0) is 12.1. The Morgan fingerprint density at radius 3 is 2.12 bits per heavy atom. The van der Waals surface area contributed by atoms with Crippen LogP contribution in [-0.4, -0.2) is 6.41 Å². The van der Waals surface area contributed by atoms with Crippen molar-refractivity contribution in [1.29, 1.82) is 0 Å². The molecule has 2 aliphatic carbocycles. The van der Waals surface area contributed by atoms with Crippen LogP contribution in [0, 0.1) is 29.6 Å². The van der Waals surface area contributed by atoms with Gasteiger partial charge in [-0.15, -0.1) is 0 Å². The Morgan fingerprint density at radius 2 is 1.71 bits per heavy atom. The van der Waals surface area contributed by atoms with Crippen LogP contribution in [0.15, 0.2) is 0 Å². The van der Waals surface area contributed by atoms with Gasteiger partial charge >= 0.3 is 0 Å². The van der Waals surface area contributed by atoms with E-state index in [0.717, 1.165) is 29.6 Å². The van der Waals surface area contributed by atoms with Crippen molar-refractivity contribution in [1.82, 2.24) is 0 Å². The highest BCUT2D eigenvalue weighted by molar-refractivity contribution is 5.42. The standard InChI is InChI=1S/C13H24.CH3NO.CH4/c1-9(2)12-7-4-10(3)8-13(12)11-5-6-11;2-1-3;/h9-13H,4-8H2,1-3H3;1H,(H2,2,3);1H4. The molecule has 2 rings (SSSR count). The molecule has 3 atom stereocenters. The molecule has 102 valence electrons. The SMILES string of the molecule is C.CC1CCC(C(C)C)C(C2CC2)C1.NC=O. The highest BCUT2D eigenvalue weighted by Crippen LogP contribution is 2.50. The lowest BCUT2D eigenvalue weighted by Gasteiger charge is -2.37. The minimum Gasteiger partial charge on any atom is -0.372 e. The Labute approximate surface area is 107 Å². The van der Waals surface area contributed by atoms with E-state index in [1.165, 1.54) is 19.3 Å². The van der Waals surface area contributed by atoms with Gasteiger partial charge in [-0.05, 0) is 55.3 Å². The van der Waals surface area contributed by atoms with E-state index in [4.69, 9.17) is 4.79 Å². The molecule has 1 amide bonds. The number of rotatable bonds is 2. The van der Waals surface area contributed by atoms with E-state index in [-0.39, 0.29) is 13.8 Å². The molecule has 0 radical (unpaired) electrons. The monoisotopic (exact) mass is 241 g/mol. The van der Waals surface area contributed by atoms with E-state index in [1.807, 2.05) is 0 Å². The molecule has 2 aliphatic rings. The van der Waals surface area contributed by atoms with Crippen molar-refractivity contribution in [3.8, 4) is 0 Å². The molecule has 3 unspecified atom stereocenters. The summed E-state index contributed by atoms with van der Waals surface area (Å²) in [5, 5.41) is 0. The van der Waals surface area contributed by atoms with Gasteiger partial charge in [0.25, 0.3) is 0 Å². The molecule has 2 N–H and O–H groups in total. The third-order valence-electron chi connectivity index (χ3n) is 4.30. The molecular weight excluding hydrogens is 210 g/mol. The first-order valence-corrected chi connectivity index (χ1v) is 6.75. The number of carbonyl (C=O) groups is 1. The fourth-order valence-electron chi connectivity index (χ4n) is 3.34. The zero-order valence-corrected chi connectivity index (χ0v) is 11.0. The maximum Gasteiger partial charge on any atom is 0.204 e. The van der Waals surface area contributed by atoms with Crippen LogP contribution < -0.4 is 5.73 Å². The molecule has 2 saturated carbocycles. The summed E-state index contributed by atoms with van der Waals surface area (Å²) in [6.45, 7) is 7.30. The van der Waals surface area contributed by atoms with Crippen molar-refractivity contribution in [2.45, 2.75) is 60.3 Å². The second kappa shape index (κ2) is 7.73. The van der Waals surface area contributed by atoms with Crippen LogP contribution >= 0.6 is 0 Å². The molecule has 0 bridgehead atoms. The van der Waals surface area contributed by atoms with Crippen molar-refractivity contribution in [2.75, 3.05) is 0 Å². The maximum absolute atomic E-state index is 8.58. The number of primary amides is 1. The smallest absolute Gasteiger partial charge is 0.204 e. The highest BCUT2D eigenvalue weighted by Gasteiger charge is 2.40. The Bertz CT molecular complexity index is 211. The summed E-state index contributed by atoms with van der Waals surface area (Å²) in [4.78, 5) is 8.58. The Kier molecular flexibility index (Phi) is 7.49. The van der Waals surface area contributed by atoms with Crippen LogP contribution in [0.3, 0.4) is 0 Å². The van der Waals surface area contributed by atoms with Crippen LogP contribution in [0.1, 0.15) is 60.3 Å². The topological polar surface area (TPSA) is 43.1 Å². The van der Waals surface area contributed by atoms with Gasteiger partial charge in [-0.25, -0.2) is 0 Å². The van der Waals surface area contributed by atoms with Crippen molar-refractivity contribution in [3.05, 3.63) is 0 Å². The Balaban J connectivity index is 0.000000583. The average Bonchev–Trinajstić information content (AvgIpc) is 3.01. The Morgan fingerprint density at radius 1 is 1.18 bits per heavy atom. The summed E-state index contributed by atoms with van der Waals surface area (Å²) in [6, 6.07) is 0. The van der Waals surface area contributed by atoms with Crippen molar-refractivity contribution < 1.29 is 4.79 Å². The van der Waals surface area contributed by atoms with Gasteiger partial charge in [-0.2, -0.15) is 0 Å². The Hall–Kier alpha value is -0.530. The molecule has 2 fully saturated rings. The van der Waals surface area contributed by atoms with E-state index in [2.05, 4.69) is 26.5 Å². The van der Waals surface area contributed by atoms with Crippen LogP contribution in [0.25, 0.3) is 0 Å². The first kappa shape index (κ1) is 16.5. The molecule has 0 spiro atoms. The zero-order valence-electron chi connectivity index (χ0n) is 11.0. The maximum atomic E-state index is 8.58. The summed E-state index contributed by atoms with van der Waals surface area (Å²) in [5.41, 5.74) is 4.17. The number of hydrogen-bond donors (Lipinski definition) is 1. The van der Waals surface area contributed by atoms with Crippen molar-refractivity contribution >= 4 is 6.41 Å². The molecule has 0 aliphatic heterocycles. The van der Waals surface area contributed by atoms with Gasteiger partial charge in [0, 0.05) is 0 Å². The van der Waals surface area contributed by atoms with Gasteiger partial charge in [-0.1, -0.05) is 34.6 Å². The summed E-state index contributed by atoms with van der Waals surface area (Å²) in [7, 11) is 0. The summed E-state index contributed by atoms with van der Waals surface area (Å²) < 4.78 is 0. The van der Waals surface area contributed by atoms with Crippen LogP contribution in [-0.2, 0) is 4.79 Å². The third-order valence-corrected chi connectivity index (χ3v) is 4.30. The molecule has 2 heteroatoms. The second-order valence-corrected chi connectivity index (χ2v) is 5.96. The van der Waals surface area contributed by atoms with E-state index >= 15 is 0 Å². The lowest BCUT2D eigenvalue weighted by atomic mass is 9.68.